The predicted molar refractivity (Wildman–Crippen MR) is 63.9 cm³/mol. The fourth-order valence-electron chi connectivity index (χ4n) is 1.67. The highest BCUT2D eigenvalue weighted by Gasteiger charge is 2.25. The summed E-state index contributed by atoms with van der Waals surface area (Å²) >= 11 is 0. The molecule has 1 heterocycles. The molecule has 0 aliphatic rings. The number of sulfonamides is 1. The molecule has 1 aromatic rings. The lowest BCUT2D eigenvalue weighted by Crippen LogP contribution is -2.41. The Hall–Kier alpha value is -0.920. The van der Waals surface area contributed by atoms with Crippen LogP contribution in [0.25, 0.3) is 0 Å². The number of rotatable bonds is 6. The number of hydrogen-bond donors (Lipinski definition) is 3. The lowest BCUT2D eigenvalue weighted by atomic mass is 9.95. The van der Waals surface area contributed by atoms with Crippen molar-refractivity contribution in [1.82, 2.24) is 14.9 Å². The van der Waals surface area contributed by atoms with E-state index < -0.39 is 15.6 Å². The number of hydrogen-bond acceptors (Lipinski definition) is 4. The van der Waals surface area contributed by atoms with E-state index in [-0.39, 0.29) is 11.6 Å². The topological polar surface area (TPSA) is 95.1 Å². The van der Waals surface area contributed by atoms with E-state index >= 15 is 0 Å². The van der Waals surface area contributed by atoms with E-state index in [9.17, 15) is 13.5 Å². The standard InChI is InChI=1S/C10H19N3O3S/c1-8(2)6-10(3,14)7-12-17(15,16)9-4-5-11-13-9/h4-5,8,12,14H,6-7H2,1-3H3,(H,11,13). The van der Waals surface area contributed by atoms with Crippen LogP contribution in [0, 0.1) is 5.92 Å². The van der Waals surface area contributed by atoms with Crippen molar-refractivity contribution >= 4 is 10.0 Å². The first kappa shape index (κ1) is 14.1. The minimum absolute atomic E-state index is 0.00199. The van der Waals surface area contributed by atoms with Crippen LogP contribution in [0.2, 0.25) is 0 Å². The van der Waals surface area contributed by atoms with Gasteiger partial charge in [-0.25, -0.2) is 13.1 Å². The van der Waals surface area contributed by atoms with Crippen molar-refractivity contribution < 1.29 is 13.5 Å². The Balaban J connectivity index is 2.62. The number of aliphatic hydroxyl groups is 1. The van der Waals surface area contributed by atoms with E-state index in [1.54, 1.807) is 6.92 Å². The molecule has 0 aromatic carbocycles. The van der Waals surface area contributed by atoms with E-state index in [4.69, 9.17) is 0 Å². The molecular weight excluding hydrogens is 242 g/mol. The molecule has 98 valence electrons. The average Bonchev–Trinajstić information content (AvgIpc) is 2.66. The molecule has 0 saturated carbocycles. The van der Waals surface area contributed by atoms with Gasteiger partial charge in [-0.2, -0.15) is 5.10 Å². The molecule has 6 nitrogen and oxygen atoms in total. The monoisotopic (exact) mass is 261 g/mol. The minimum Gasteiger partial charge on any atom is -0.389 e. The molecule has 1 aromatic heterocycles. The third-order valence-electron chi connectivity index (χ3n) is 2.26. The van der Waals surface area contributed by atoms with E-state index in [0.717, 1.165) is 0 Å². The molecule has 0 spiro atoms. The van der Waals surface area contributed by atoms with Crippen molar-refractivity contribution in [3.8, 4) is 0 Å². The zero-order chi connectivity index (χ0) is 13.1. The molecule has 0 aliphatic heterocycles. The Morgan fingerprint density at radius 3 is 2.71 bits per heavy atom. The minimum atomic E-state index is -3.61. The molecule has 17 heavy (non-hydrogen) atoms. The van der Waals surface area contributed by atoms with Gasteiger partial charge in [0.1, 0.15) is 0 Å². The molecule has 1 atom stereocenters. The van der Waals surface area contributed by atoms with Gasteiger partial charge in [-0.05, 0) is 25.3 Å². The summed E-state index contributed by atoms with van der Waals surface area (Å²) in [5.74, 6) is 0.293. The molecule has 0 bridgehead atoms. The highest BCUT2D eigenvalue weighted by Crippen LogP contribution is 2.16. The highest BCUT2D eigenvalue weighted by molar-refractivity contribution is 7.89. The maximum absolute atomic E-state index is 11.7. The zero-order valence-corrected chi connectivity index (χ0v) is 11.1. The molecule has 0 aliphatic carbocycles. The third kappa shape index (κ3) is 4.45. The van der Waals surface area contributed by atoms with Gasteiger partial charge in [0.05, 0.1) is 11.8 Å². The fourth-order valence-corrected chi connectivity index (χ4v) is 2.74. The van der Waals surface area contributed by atoms with Crippen molar-refractivity contribution in [3.05, 3.63) is 12.3 Å². The van der Waals surface area contributed by atoms with Crippen LogP contribution in [0.4, 0.5) is 0 Å². The van der Waals surface area contributed by atoms with Crippen LogP contribution in [0.1, 0.15) is 27.2 Å². The predicted octanol–water partition coefficient (Wildman–Crippen LogP) is 0.485. The van der Waals surface area contributed by atoms with Gasteiger partial charge in [0.15, 0.2) is 5.03 Å². The first-order chi connectivity index (χ1) is 7.73. The van der Waals surface area contributed by atoms with Crippen molar-refractivity contribution in [2.45, 2.75) is 37.8 Å². The van der Waals surface area contributed by atoms with Gasteiger partial charge in [-0.15, -0.1) is 0 Å². The van der Waals surface area contributed by atoms with Gasteiger partial charge in [0.25, 0.3) is 10.0 Å². The molecule has 0 amide bonds. The summed E-state index contributed by atoms with van der Waals surface area (Å²) in [5, 5.41) is 15.9. The van der Waals surface area contributed by atoms with E-state index in [1.165, 1.54) is 12.3 Å². The van der Waals surface area contributed by atoms with Gasteiger partial charge < -0.3 is 5.11 Å². The number of aromatic nitrogens is 2. The fraction of sp³-hybridized carbons (Fsp3) is 0.700. The van der Waals surface area contributed by atoms with Gasteiger partial charge >= 0.3 is 0 Å². The smallest absolute Gasteiger partial charge is 0.257 e. The van der Waals surface area contributed by atoms with Crippen LogP contribution < -0.4 is 4.72 Å². The Morgan fingerprint density at radius 1 is 1.59 bits per heavy atom. The van der Waals surface area contributed by atoms with Crippen LogP contribution in [-0.2, 0) is 10.0 Å². The van der Waals surface area contributed by atoms with E-state index in [1.807, 2.05) is 13.8 Å². The van der Waals surface area contributed by atoms with Crippen molar-refractivity contribution in [2.24, 2.45) is 5.92 Å². The lowest BCUT2D eigenvalue weighted by molar-refractivity contribution is 0.0436. The second-order valence-corrected chi connectivity index (χ2v) is 6.58. The van der Waals surface area contributed by atoms with E-state index in [0.29, 0.717) is 12.3 Å². The Kier molecular flexibility index (Phi) is 4.29. The largest absolute Gasteiger partial charge is 0.389 e. The lowest BCUT2D eigenvalue weighted by Gasteiger charge is -2.25. The average molecular weight is 261 g/mol. The highest BCUT2D eigenvalue weighted by atomic mass is 32.2. The summed E-state index contributed by atoms with van der Waals surface area (Å²) in [6.45, 7) is 5.53. The van der Waals surface area contributed by atoms with Crippen LogP contribution >= 0.6 is 0 Å². The second kappa shape index (κ2) is 5.16. The Labute approximate surface area is 101 Å². The molecular formula is C10H19N3O3S. The molecule has 0 fully saturated rings. The van der Waals surface area contributed by atoms with Gasteiger partial charge in [-0.3, -0.25) is 5.10 Å². The summed E-state index contributed by atoms with van der Waals surface area (Å²) in [6, 6.07) is 1.36. The summed E-state index contributed by atoms with van der Waals surface area (Å²) in [5.41, 5.74) is -1.05. The van der Waals surface area contributed by atoms with Crippen LogP contribution in [-0.4, -0.2) is 35.9 Å². The zero-order valence-electron chi connectivity index (χ0n) is 10.3. The van der Waals surface area contributed by atoms with Crippen molar-refractivity contribution in [2.75, 3.05) is 6.54 Å². The molecule has 3 N–H and O–H groups in total. The number of nitrogens with one attached hydrogen (secondary N) is 2. The number of nitrogens with zero attached hydrogens (tertiary/aromatic N) is 1. The first-order valence-electron chi connectivity index (χ1n) is 5.44. The molecule has 0 radical (unpaired) electrons. The number of H-pyrrole nitrogens is 1. The van der Waals surface area contributed by atoms with Crippen molar-refractivity contribution in [1.29, 1.82) is 0 Å². The van der Waals surface area contributed by atoms with Gasteiger partial charge in [0, 0.05) is 6.54 Å². The maximum atomic E-state index is 11.7. The first-order valence-corrected chi connectivity index (χ1v) is 6.93. The molecule has 0 saturated heterocycles. The van der Waals surface area contributed by atoms with Crippen LogP contribution in [0.3, 0.4) is 0 Å². The Morgan fingerprint density at radius 2 is 2.24 bits per heavy atom. The second-order valence-electron chi connectivity index (χ2n) is 4.84. The van der Waals surface area contributed by atoms with E-state index in [2.05, 4.69) is 14.9 Å². The molecule has 1 rings (SSSR count). The molecule has 7 heteroatoms. The van der Waals surface area contributed by atoms with Gasteiger partial charge in [-0.1, -0.05) is 13.8 Å². The Bertz CT molecular complexity index is 437. The van der Waals surface area contributed by atoms with Gasteiger partial charge in [0.2, 0.25) is 0 Å². The SMILES string of the molecule is CC(C)CC(C)(O)CNS(=O)(=O)c1ccn[nH]1. The molecule has 1 unspecified atom stereocenters. The third-order valence-corrected chi connectivity index (χ3v) is 3.59. The van der Waals surface area contributed by atoms with Crippen LogP contribution in [0.5, 0.6) is 0 Å². The summed E-state index contributed by atoms with van der Waals surface area (Å²) in [4.78, 5) is 0. The normalized spacial score (nSPS) is 16.1. The van der Waals surface area contributed by atoms with Crippen molar-refractivity contribution in [3.63, 3.8) is 0 Å². The maximum Gasteiger partial charge on any atom is 0.257 e. The number of aromatic amines is 1. The van der Waals surface area contributed by atoms with Crippen LogP contribution in [0.15, 0.2) is 17.3 Å². The summed E-state index contributed by atoms with van der Waals surface area (Å²) in [6.07, 6.45) is 1.89. The summed E-state index contributed by atoms with van der Waals surface area (Å²) in [7, 11) is -3.61. The summed E-state index contributed by atoms with van der Waals surface area (Å²) < 4.78 is 25.8. The quantitative estimate of drug-likeness (QED) is 0.694.